The summed E-state index contributed by atoms with van der Waals surface area (Å²) in [5.74, 6) is 1.67. The van der Waals surface area contributed by atoms with Crippen LogP contribution < -0.4 is 9.64 Å². The smallest absolute Gasteiger partial charge is 0.220 e. The van der Waals surface area contributed by atoms with Crippen LogP contribution in [0.15, 0.2) is 36.4 Å². The van der Waals surface area contributed by atoms with Gasteiger partial charge in [0.2, 0.25) is 5.88 Å². The van der Waals surface area contributed by atoms with E-state index in [1.54, 1.807) is 4.52 Å². The van der Waals surface area contributed by atoms with Crippen LogP contribution in [0.2, 0.25) is 0 Å². The van der Waals surface area contributed by atoms with Crippen molar-refractivity contribution >= 4 is 34.9 Å². The summed E-state index contributed by atoms with van der Waals surface area (Å²) < 4.78 is 13.7. The molecule has 0 saturated carbocycles. The third-order valence-electron chi connectivity index (χ3n) is 6.25. The lowest BCUT2D eigenvalue weighted by atomic mass is 10.1. The van der Waals surface area contributed by atoms with E-state index in [4.69, 9.17) is 29.5 Å². The van der Waals surface area contributed by atoms with E-state index in [9.17, 15) is 0 Å². The first-order valence-corrected chi connectivity index (χ1v) is 11.4. The monoisotopic (exact) mass is 466 g/mol. The number of anilines is 1. The molecule has 2 aliphatic rings. The summed E-state index contributed by atoms with van der Waals surface area (Å²) >= 11 is 0. The van der Waals surface area contributed by atoms with Gasteiger partial charge in [-0.3, -0.25) is 0 Å². The quantitative estimate of drug-likeness (QED) is 0.445. The van der Waals surface area contributed by atoms with E-state index in [2.05, 4.69) is 4.90 Å². The van der Waals surface area contributed by atoms with Crippen molar-refractivity contribution in [2.45, 2.75) is 38.7 Å². The predicted octanol–water partition coefficient (Wildman–Crippen LogP) is 4.23. The lowest BCUT2D eigenvalue weighted by Gasteiger charge is -2.24. The normalized spacial score (nSPS) is 16.9. The lowest BCUT2D eigenvalue weighted by molar-refractivity contribution is 0.0228. The zero-order valence-electron chi connectivity index (χ0n) is 18.6. The van der Waals surface area contributed by atoms with Crippen LogP contribution >= 0.6 is 12.4 Å². The highest BCUT2D eigenvalue weighted by atomic mass is 35.5. The van der Waals surface area contributed by atoms with Crippen molar-refractivity contribution in [3.05, 3.63) is 42.1 Å². The summed E-state index contributed by atoms with van der Waals surface area (Å²) in [6, 6.07) is 11.9. The summed E-state index contributed by atoms with van der Waals surface area (Å²) in [6.07, 6.45) is 4.27. The maximum atomic E-state index is 6.44. The van der Waals surface area contributed by atoms with Crippen molar-refractivity contribution < 1.29 is 9.47 Å². The maximum Gasteiger partial charge on any atom is 0.220 e. The summed E-state index contributed by atoms with van der Waals surface area (Å²) in [5.41, 5.74) is 4.88. The number of aryl methyl sites for hydroxylation is 1. The second-order valence-corrected chi connectivity index (χ2v) is 8.52. The van der Waals surface area contributed by atoms with Crippen LogP contribution in [0.3, 0.4) is 0 Å². The molecule has 0 aliphatic carbocycles. The number of halogens is 1. The Morgan fingerprint density at radius 1 is 0.970 bits per heavy atom. The average Bonchev–Trinajstić information content (AvgIpc) is 3.49. The molecule has 2 aliphatic heterocycles. The van der Waals surface area contributed by atoms with Gasteiger partial charge in [0.25, 0.3) is 0 Å². The van der Waals surface area contributed by atoms with Gasteiger partial charge in [-0.2, -0.15) is 9.61 Å². The van der Waals surface area contributed by atoms with Crippen molar-refractivity contribution in [3.8, 4) is 17.3 Å². The van der Waals surface area contributed by atoms with Gasteiger partial charge in [0, 0.05) is 38.1 Å². The van der Waals surface area contributed by atoms with E-state index in [0.717, 1.165) is 84.6 Å². The van der Waals surface area contributed by atoms with Gasteiger partial charge in [0.15, 0.2) is 5.65 Å². The molecule has 0 atom stereocenters. The molecular weight excluding hydrogens is 440 g/mol. The SMILES string of the molecule is Cc1nc2ccccc2nc1-c1cc2nc(N3CCCC3)cc(OC3CCOCC3)n2n1.Cl. The highest BCUT2D eigenvalue weighted by Crippen LogP contribution is 2.29. The molecule has 8 nitrogen and oxygen atoms in total. The predicted molar refractivity (Wildman–Crippen MR) is 129 cm³/mol. The van der Waals surface area contributed by atoms with Crippen LogP contribution in [-0.2, 0) is 4.74 Å². The van der Waals surface area contributed by atoms with Gasteiger partial charge in [0.05, 0.1) is 29.9 Å². The first-order chi connectivity index (χ1) is 15.7. The van der Waals surface area contributed by atoms with E-state index in [0.29, 0.717) is 0 Å². The molecule has 6 rings (SSSR count). The van der Waals surface area contributed by atoms with E-state index < -0.39 is 0 Å². The summed E-state index contributed by atoms with van der Waals surface area (Å²) in [4.78, 5) is 16.8. The second-order valence-electron chi connectivity index (χ2n) is 8.52. The standard InChI is InChI=1S/C24H26N6O2.ClH/c1-16-24(26-19-7-3-2-6-18(19)25-16)20-14-22-27-21(29-10-4-5-11-29)15-23(30(22)28-20)32-17-8-12-31-13-9-17;/h2-3,6-7,14-15,17H,4-5,8-13H2,1H3;1H. The molecule has 2 saturated heterocycles. The summed E-state index contributed by atoms with van der Waals surface area (Å²) in [6.45, 7) is 5.48. The molecule has 0 unspecified atom stereocenters. The van der Waals surface area contributed by atoms with Gasteiger partial charge in [-0.15, -0.1) is 12.4 Å². The molecule has 0 amide bonds. The fraction of sp³-hybridized carbons (Fsp3) is 0.417. The molecule has 33 heavy (non-hydrogen) atoms. The highest BCUT2D eigenvalue weighted by molar-refractivity contribution is 5.85. The van der Waals surface area contributed by atoms with Crippen molar-refractivity contribution in [1.82, 2.24) is 24.6 Å². The number of ether oxygens (including phenoxy) is 2. The molecular formula is C24H27ClN6O2. The molecule has 0 radical (unpaired) electrons. The molecule has 2 fully saturated rings. The van der Waals surface area contributed by atoms with Crippen molar-refractivity contribution in [2.75, 3.05) is 31.2 Å². The van der Waals surface area contributed by atoms with Crippen molar-refractivity contribution in [2.24, 2.45) is 0 Å². The Morgan fingerprint density at radius 3 is 2.45 bits per heavy atom. The van der Waals surface area contributed by atoms with E-state index >= 15 is 0 Å². The third kappa shape index (κ3) is 4.20. The Kier molecular flexibility index (Phi) is 6.03. The second kappa shape index (κ2) is 9.11. The Hall–Kier alpha value is -2.97. The van der Waals surface area contributed by atoms with Crippen LogP contribution in [0.25, 0.3) is 28.1 Å². The first kappa shape index (κ1) is 21.9. The Balaban J connectivity index is 0.00000228. The molecule has 5 heterocycles. The Labute approximate surface area is 198 Å². The maximum absolute atomic E-state index is 6.44. The number of rotatable bonds is 4. The molecule has 0 bridgehead atoms. The number of nitrogens with zero attached hydrogens (tertiary/aromatic N) is 6. The Bertz CT molecular complexity index is 1280. The molecule has 0 N–H and O–H groups in total. The number of fused-ring (bicyclic) bond motifs is 2. The fourth-order valence-electron chi connectivity index (χ4n) is 4.54. The molecule has 1 aromatic carbocycles. The zero-order valence-corrected chi connectivity index (χ0v) is 19.4. The van der Waals surface area contributed by atoms with Crippen LogP contribution in [0.5, 0.6) is 5.88 Å². The first-order valence-electron chi connectivity index (χ1n) is 11.4. The fourth-order valence-corrected chi connectivity index (χ4v) is 4.54. The molecule has 0 spiro atoms. The number of hydrogen-bond donors (Lipinski definition) is 0. The molecule has 4 aromatic rings. The van der Waals surface area contributed by atoms with Crippen LogP contribution in [0.1, 0.15) is 31.4 Å². The van der Waals surface area contributed by atoms with Crippen LogP contribution in [0, 0.1) is 6.92 Å². The molecule has 172 valence electrons. The topological polar surface area (TPSA) is 77.7 Å². The summed E-state index contributed by atoms with van der Waals surface area (Å²) in [7, 11) is 0. The zero-order chi connectivity index (χ0) is 21.5. The minimum absolute atomic E-state index is 0. The van der Waals surface area contributed by atoms with Crippen LogP contribution in [0.4, 0.5) is 5.82 Å². The highest BCUT2D eigenvalue weighted by Gasteiger charge is 2.22. The minimum Gasteiger partial charge on any atom is -0.474 e. The van der Waals surface area contributed by atoms with Gasteiger partial charge in [0.1, 0.15) is 23.3 Å². The lowest BCUT2D eigenvalue weighted by Crippen LogP contribution is -2.27. The minimum atomic E-state index is 0. The van der Waals surface area contributed by atoms with Gasteiger partial charge >= 0.3 is 0 Å². The van der Waals surface area contributed by atoms with Gasteiger partial charge in [-0.1, -0.05) is 12.1 Å². The van der Waals surface area contributed by atoms with Gasteiger partial charge in [-0.05, 0) is 31.9 Å². The van der Waals surface area contributed by atoms with Crippen molar-refractivity contribution in [1.29, 1.82) is 0 Å². The largest absolute Gasteiger partial charge is 0.474 e. The van der Waals surface area contributed by atoms with E-state index in [-0.39, 0.29) is 18.5 Å². The van der Waals surface area contributed by atoms with Crippen LogP contribution in [-0.4, -0.2) is 57.0 Å². The number of hydrogen-bond acceptors (Lipinski definition) is 7. The third-order valence-corrected chi connectivity index (χ3v) is 6.25. The number of benzene rings is 1. The summed E-state index contributed by atoms with van der Waals surface area (Å²) in [5, 5.41) is 4.86. The number of aromatic nitrogens is 5. The molecule has 9 heteroatoms. The van der Waals surface area contributed by atoms with E-state index in [1.165, 1.54) is 12.8 Å². The van der Waals surface area contributed by atoms with E-state index in [1.807, 2.05) is 43.3 Å². The Morgan fingerprint density at radius 2 is 1.70 bits per heavy atom. The van der Waals surface area contributed by atoms with Gasteiger partial charge in [-0.25, -0.2) is 15.0 Å². The average molecular weight is 467 g/mol. The number of para-hydroxylation sites is 2. The van der Waals surface area contributed by atoms with Gasteiger partial charge < -0.3 is 14.4 Å². The molecule has 3 aromatic heterocycles. The van der Waals surface area contributed by atoms with Crippen molar-refractivity contribution in [3.63, 3.8) is 0 Å².